The van der Waals surface area contributed by atoms with Crippen LogP contribution in [-0.4, -0.2) is 22.6 Å². The van der Waals surface area contributed by atoms with Crippen molar-refractivity contribution in [3.05, 3.63) is 11.6 Å². The molecule has 5 atom stereocenters. The van der Waals surface area contributed by atoms with Crippen LogP contribution in [0.5, 0.6) is 0 Å². The predicted molar refractivity (Wildman–Crippen MR) is 111 cm³/mol. The number of allylic oxidation sites excluding steroid dienone is 2. The Morgan fingerprint density at radius 1 is 1.07 bits per heavy atom. The van der Waals surface area contributed by atoms with Gasteiger partial charge in [-0.15, -0.1) is 0 Å². The van der Waals surface area contributed by atoms with Crippen molar-refractivity contribution in [1.82, 2.24) is 0 Å². The third-order valence-electron chi connectivity index (χ3n) is 8.01. The summed E-state index contributed by atoms with van der Waals surface area (Å²) in [4.78, 5) is 33.1. The van der Waals surface area contributed by atoms with E-state index in [-0.39, 0.29) is 16.7 Å². The number of ketones is 2. The van der Waals surface area contributed by atoms with Gasteiger partial charge in [0.1, 0.15) is 5.78 Å². The van der Waals surface area contributed by atoms with Gasteiger partial charge in [0.05, 0.1) is 0 Å². The van der Waals surface area contributed by atoms with E-state index in [2.05, 4.69) is 27.7 Å². The molecule has 1 N–H and O–H groups in total. The minimum Gasteiger partial charge on any atom is -0.481 e. The number of Topliss-reactive ketones (excluding diaryl/α,β-unsaturated/α-hetero) is 1. The second-order valence-electron chi connectivity index (χ2n) is 10.1. The van der Waals surface area contributed by atoms with E-state index in [1.807, 2.05) is 6.08 Å². The normalized spacial score (nSPS) is 37.6. The zero-order valence-corrected chi connectivity index (χ0v) is 18.5. The molecule has 3 rings (SSSR count). The molecule has 4 nitrogen and oxygen atoms in total. The lowest BCUT2D eigenvalue weighted by molar-refractivity contribution is -0.134. The van der Waals surface area contributed by atoms with E-state index in [9.17, 15) is 9.59 Å². The number of carboxylic acids is 1. The molecule has 3 aliphatic carbocycles. The first-order chi connectivity index (χ1) is 12.9. The van der Waals surface area contributed by atoms with Crippen LogP contribution in [0.2, 0.25) is 0 Å². The topological polar surface area (TPSA) is 71.4 Å². The molecule has 0 unspecified atom stereocenters. The Kier molecular flexibility index (Phi) is 6.94. The molecule has 0 radical (unpaired) electrons. The molecule has 0 bridgehead atoms. The van der Waals surface area contributed by atoms with Gasteiger partial charge < -0.3 is 5.11 Å². The van der Waals surface area contributed by atoms with Crippen molar-refractivity contribution >= 4 is 17.5 Å². The highest BCUT2D eigenvalue weighted by Crippen LogP contribution is 2.61. The maximum Gasteiger partial charge on any atom is 0.300 e. The molecule has 0 spiro atoms. The quantitative estimate of drug-likeness (QED) is 0.695. The lowest BCUT2D eigenvalue weighted by Gasteiger charge is -2.51. The molecule has 0 amide bonds. The second-order valence-corrected chi connectivity index (χ2v) is 10.1. The maximum absolute atomic E-state index is 12.1. The average Bonchev–Trinajstić information content (AvgIpc) is 2.92. The van der Waals surface area contributed by atoms with Crippen molar-refractivity contribution in [1.29, 1.82) is 0 Å². The molecule has 0 aromatic heterocycles. The summed E-state index contributed by atoms with van der Waals surface area (Å²) in [5.41, 5.74) is 1.79. The van der Waals surface area contributed by atoms with Crippen molar-refractivity contribution in [2.24, 2.45) is 34.5 Å². The molecule has 0 aliphatic heterocycles. The van der Waals surface area contributed by atoms with E-state index < -0.39 is 5.97 Å². The third kappa shape index (κ3) is 4.41. The molecule has 4 heteroatoms. The summed E-state index contributed by atoms with van der Waals surface area (Å²) >= 11 is 0. The van der Waals surface area contributed by atoms with Crippen LogP contribution in [0.4, 0.5) is 0 Å². The van der Waals surface area contributed by atoms with E-state index in [1.165, 1.54) is 31.3 Å². The van der Waals surface area contributed by atoms with Crippen LogP contribution in [0.3, 0.4) is 0 Å². The van der Waals surface area contributed by atoms with Gasteiger partial charge in [0.15, 0.2) is 5.78 Å². The van der Waals surface area contributed by atoms with Gasteiger partial charge in [-0.3, -0.25) is 14.4 Å². The highest BCUT2D eigenvalue weighted by atomic mass is 16.4. The predicted octanol–water partition coefficient (Wildman–Crippen LogP) is 5.45. The van der Waals surface area contributed by atoms with Crippen LogP contribution in [0.1, 0.15) is 86.5 Å². The Bertz CT molecular complexity index is 658. The fourth-order valence-corrected chi connectivity index (χ4v) is 6.47. The van der Waals surface area contributed by atoms with Crippen LogP contribution >= 0.6 is 0 Å². The fourth-order valence-electron chi connectivity index (χ4n) is 6.47. The zero-order chi connectivity index (χ0) is 21.3. The Balaban J connectivity index is 0.000000640. The van der Waals surface area contributed by atoms with E-state index in [1.54, 1.807) is 6.92 Å². The van der Waals surface area contributed by atoms with Crippen LogP contribution in [0.15, 0.2) is 11.6 Å². The first-order valence-corrected chi connectivity index (χ1v) is 10.9. The van der Waals surface area contributed by atoms with Crippen LogP contribution in [0.25, 0.3) is 0 Å². The Morgan fingerprint density at radius 2 is 1.68 bits per heavy atom. The van der Waals surface area contributed by atoms with Gasteiger partial charge in [0, 0.05) is 19.3 Å². The van der Waals surface area contributed by atoms with Gasteiger partial charge in [0.2, 0.25) is 0 Å². The second kappa shape index (κ2) is 8.51. The largest absolute Gasteiger partial charge is 0.481 e. The van der Waals surface area contributed by atoms with E-state index in [0.717, 1.165) is 19.8 Å². The number of fused-ring (bicyclic) bond motifs is 1. The van der Waals surface area contributed by atoms with Crippen molar-refractivity contribution in [2.75, 3.05) is 0 Å². The summed E-state index contributed by atoms with van der Waals surface area (Å²) in [5.74, 6) is 1.96. The molecule has 0 saturated heterocycles. The molecule has 3 aliphatic rings. The number of carbonyl (C=O) groups excluding carboxylic acids is 2. The molecule has 2 fully saturated rings. The van der Waals surface area contributed by atoms with Gasteiger partial charge in [-0.2, -0.15) is 0 Å². The van der Waals surface area contributed by atoms with Gasteiger partial charge in [0.25, 0.3) is 5.97 Å². The molecule has 28 heavy (non-hydrogen) atoms. The first-order valence-electron chi connectivity index (χ1n) is 10.9. The minimum absolute atomic E-state index is 0.178. The molecule has 0 aromatic rings. The van der Waals surface area contributed by atoms with Gasteiger partial charge >= 0.3 is 0 Å². The van der Waals surface area contributed by atoms with Crippen LogP contribution in [0, 0.1) is 34.5 Å². The summed E-state index contributed by atoms with van der Waals surface area (Å²) in [6, 6.07) is 0. The molecular weight excluding hydrogens is 352 g/mol. The molecule has 0 heterocycles. The number of rotatable bonds is 3. The Labute approximate surface area is 170 Å². The number of carboxylic acid groups (broad SMARTS) is 1. The van der Waals surface area contributed by atoms with Crippen LogP contribution < -0.4 is 0 Å². The number of carbonyl (C=O) groups is 3. The standard InChI is InChI=1S/C22H34O2.C2H4O2/c1-14(2)20-13-18(24)9-11-22(20,5)17-8-10-21(4)16(12-17)6-7-19(21)15(3)23;1-2(3)4/h13-14,16-17,19H,6-12H2,1-5H3;1H3,(H,3,4)/t16-,17-,19+,21-,22+;/m0./s1. The number of hydrogen-bond donors (Lipinski definition) is 1. The SMILES string of the molecule is CC(=O)O.CC(=O)[C@H]1CC[C@H]2C[C@@H]([C@@]3(C)CCC(=O)C=C3C(C)C)CC[C@@]21C. The molecule has 0 aromatic carbocycles. The smallest absolute Gasteiger partial charge is 0.300 e. The van der Waals surface area contributed by atoms with Gasteiger partial charge in [-0.05, 0) is 80.1 Å². The minimum atomic E-state index is -0.833. The van der Waals surface area contributed by atoms with Crippen molar-refractivity contribution in [3.63, 3.8) is 0 Å². The summed E-state index contributed by atoms with van der Waals surface area (Å²) in [5, 5.41) is 7.42. The van der Waals surface area contributed by atoms with Crippen LogP contribution in [-0.2, 0) is 14.4 Å². The Morgan fingerprint density at radius 3 is 2.21 bits per heavy atom. The molecule has 158 valence electrons. The average molecular weight is 391 g/mol. The monoisotopic (exact) mass is 390 g/mol. The number of hydrogen-bond acceptors (Lipinski definition) is 3. The highest BCUT2D eigenvalue weighted by molar-refractivity contribution is 5.91. The van der Waals surface area contributed by atoms with Gasteiger partial charge in [-0.1, -0.05) is 33.3 Å². The summed E-state index contributed by atoms with van der Waals surface area (Å²) in [6.07, 6.45) is 9.64. The van der Waals surface area contributed by atoms with E-state index in [0.29, 0.717) is 35.7 Å². The maximum atomic E-state index is 12.1. The summed E-state index contributed by atoms with van der Waals surface area (Å²) in [6.45, 7) is 12.1. The van der Waals surface area contributed by atoms with Crippen molar-refractivity contribution in [2.45, 2.75) is 86.5 Å². The van der Waals surface area contributed by atoms with Crippen molar-refractivity contribution in [3.8, 4) is 0 Å². The van der Waals surface area contributed by atoms with E-state index >= 15 is 0 Å². The third-order valence-corrected chi connectivity index (χ3v) is 8.01. The van der Waals surface area contributed by atoms with E-state index in [4.69, 9.17) is 9.90 Å². The first kappa shape index (κ1) is 22.8. The highest BCUT2D eigenvalue weighted by Gasteiger charge is 2.54. The summed E-state index contributed by atoms with van der Waals surface area (Å²) < 4.78 is 0. The zero-order valence-electron chi connectivity index (χ0n) is 18.5. The molecular formula is C24H38O4. The van der Waals surface area contributed by atoms with Gasteiger partial charge in [-0.25, -0.2) is 0 Å². The number of aliphatic carboxylic acids is 1. The fraction of sp³-hybridized carbons (Fsp3) is 0.792. The van der Waals surface area contributed by atoms with Crippen molar-refractivity contribution < 1.29 is 19.5 Å². The lowest BCUT2D eigenvalue weighted by atomic mass is 9.53. The summed E-state index contributed by atoms with van der Waals surface area (Å²) in [7, 11) is 0. The molecule has 2 saturated carbocycles. The Hall–Kier alpha value is -1.45. The lowest BCUT2D eigenvalue weighted by Crippen LogP contribution is -2.43.